The molecule has 1 aliphatic heterocycles. The van der Waals surface area contributed by atoms with E-state index in [1.165, 1.54) is 5.56 Å². The highest BCUT2D eigenvalue weighted by Crippen LogP contribution is 2.31. The molecule has 1 aromatic carbocycles. The zero-order chi connectivity index (χ0) is 18.1. The molecule has 3 N–H and O–H groups in total. The molecule has 0 unspecified atom stereocenters. The van der Waals surface area contributed by atoms with Crippen LogP contribution in [0, 0.1) is 6.92 Å². The molecule has 0 saturated heterocycles. The third-order valence-electron chi connectivity index (χ3n) is 4.23. The van der Waals surface area contributed by atoms with E-state index in [1.54, 1.807) is 24.2 Å². The maximum absolute atomic E-state index is 11.8. The van der Waals surface area contributed by atoms with Gasteiger partial charge in [0.1, 0.15) is 0 Å². The summed E-state index contributed by atoms with van der Waals surface area (Å²) in [5, 5.41) is 13.3. The fourth-order valence-corrected chi connectivity index (χ4v) is 3.03. The van der Waals surface area contributed by atoms with Crippen LogP contribution >= 0.6 is 0 Å². The van der Waals surface area contributed by atoms with Crippen molar-refractivity contribution in [2.45, 2.75) is 20.3 Å². The minimum Gasteiger partial charge on any atom is -0.339 e. The molecule has 1 amide bonds. The van der Waals surface area contributed by atoms with E-state index in [4.69, 9.17) is 0 Å². The smallest absolute Gasteiger partial charge is 0.223 e. The van der Waals surface area contributed by atoms with Gasteiger partial charge in [0.2, 0.25) is 5.91 Å². The predicted octanol–water partition coefficient (Wildman–Crippen LogP) is 2.90. The van der Waals surface area contributed by atoms with E-state index < -0.39 is 0 Å². The van der Waals surface area contributed by atoms with E-state index in [9.17, 15) is 4.79 Å². The molecule has 3 heterocycles. The standard InChI is InChI=1S/C18H19N7O/c1-11-7-16(24-23-11)21-18-10-19-9-17(22-18)20-14-4-3-13-5-6-25(12(2)26)15(13)8-14/h3-4,7-10H,5-6H2,1-2H3,(H3,20,21,22,23,24). The Bertz CT molecular complexity index is 966. The second-order valence-corrected chi connectivity index (χ2v) is 6.24. The van der Waals surface area contributed by atoms with Crippen molar-refractivity contribution in [2.75, 3.05) is 22.1 Å². The minimum absolute atomic E-state index is 0.0567. The number of amides is 1. The molecule has 0 radical (unpaired) electrons. The first kappa shape index (κ1) is 16.1. The summed E-state index contributed by atoms with van der Waals surface area (Å²) < 4.78 is 0. The zero-order valence-electron chi connectivity index (χ0n) is 14.6. The summed E-state index contributed by atoms with van der Waals surface area (Å²) in [4.78, 5) is 22.3. The minimum atomic E-state index is 0.0567. The van der Waals surface area contributed by atoms with E-state index in [-0.39, 0.29) is 5.91 Å². The van der Waals surface area contributed by atoms with Crippen LogP contribution in [0.3, 0.4) is 0 Å². The van der Waals surface area contributed by atoms with Crippen molar-refractivity contribution in [3.8, 4) is 0 Å². The number of hydrogen-bond acceptors (Lipinski definition) is 6. The van der Waals surface area contributed by atoms with Crippen LogP contribution in [0.25, 0.3) is 0 Å². The molecule has 0 aliphatic carbocycles. The van der Waals surface area contributed by atoms with E-state index in [2.05, 4.69) is 30.8 Å². The number of rotatable bonds is 4. The summed E-state index contributed by atoms with van der Waals surface area (Å²) in [7, 11) is 0. The number of aromatic amines is 1. The molecule has 0 saturated carbocycles. The van der Waals surface area contributed by atoms with Crippen LogP contribution in [0.4, 0.5) is 28.8 Å². The van der Waals surface area contributed by atoms with Crippen LogP contribution in [0.2, 0.25) is 0 Å². The van der Waals surface area contributed by atoms with Crippen molar-refractivity contribution < 1.29 is 4.79 Å². The lowest BCUT2D eigenvalue weighted by Gasteiger charge is -2.16. The Balaban J connectivity index is 1.54. The number of nitrogens with zero attached hydrogens (tertiary/aromatic N) is 4. The van der Waals surface area contributed by atoms with Crippen molar-refractivity contribution in [1.29, 1.82) is 0 Å². The van der Waals surface area contributed by atoms with Gasteiger partial charge in [0, 0.05) is 36.6 Å². The zero-order valence-corrected chi connectivity index (χ0v) is 14.6. The number of aromatic nitrogens is 4. The number of H-pyrrole nitrogens is 1. The Morgan fingerprint density at radius 2 is 1.96 bits per heavy atom. The Morgan fingerprint density at radius 3 is 2.69 bits per heavy atom. The molecule has 132 valence electrons. The molecule has 4 rings (SSSR count). The first-order chi connectivity index (χ1) is 12.6. The number of carbonyl (C=O) groups is 1. The molecule has 0 bridgehead atoms. The molecule has 2 aromatic heterocycles. The highest BCUT2D eigenvalue weighted by atomic mass is 16.2. The molecule has 0 fully saturated rings. The van der Waals surface area contributed by atoms with Crippen molar-refractivity contribution in [1.82, 2.24) is 20.2 Å². The second-order valence-electron chi connectivity index (χ2n) is 6.24. The normalized spacial score (nSPS) is 12.8. The van der Waals surface area contributed by atoms with Gasteiger partial charge in [-0.2, -0.15) is 5.10 Å². The molecule has 26 heavy (non-hydrogen) atoms. The molecule has 8 nitrogen and oxygen atoms in total. The summed E-state index contributed by atoms with van der Waals surface area (Å²) >= 11 is 0. The van der Waals surface area contributed by atoms with Gasteiger partial charge in [-0.15, -0.1) is 0 Å². The van der Waals surface area contributed by atoms with Gasteiger partial charge in [0.05, 0.1) is 12.4 Å². The molecular weight excluding hydrogens is 330 g/mol. The van der Waals surface area contributed by atoms with Crippen molar-refractivity contribution >= 4 is 34.7 Å². The van der Waals surface area contributed by atoms with Crippen LogP contribution in [0.15, 0.2) is 36.7 Å². The number of aryl methyl sites for hydroxylation is 1. The van der Waals surface area contributed by atoms with Gasteiger partial charge >= 0.3 is 0 Å². The number of anilines is 5. The first-order valence-corrected chi connectivity index (χ1v) is 8.37. The summed E-state index contributed by atoms with van der Waals surface area (Å²) in [6.45, 7) is 4.25. The Hall–Kier alpha value is -3.42. The van der Waals surface area contributed by atoms with Gasteiger partial charge in [-0.25, -0.2) is 4.98 Å². The lowest BCUT2D eigenvalue weighted by molar-refractivity contribution is -0.116. The lowest BCUT2D eigenvalue weighted by Crippen LogP contribution is -2.25. The largest absolute Gasteiger partial charge is 0.339 e. The van der Waals surface area contributed by atoms with Crippen LogP contribution in [-0.4, -0.2) is 32.6 Å². The molecule has 1 aliphatic rings. The van der Waals surface area contributed by atoms with E-state index in [1.807, 2.05) is 31.2 Å². The number of carbonyl (C=O) groups excluding carboxylic acids is 1. The maximum atomic E-state index is 11.8. The quantitative estimate of drug-likeness (QED) is 0.670. The van der Waals surface area contributed by atoms with Gasteiger partial charge in [0.15, 0.2) is 17.5 Å². The van der Waals surface area contributed by atoms with E-state index in [0.717, 1.165) is 30.0 Å². The van der Waals surface area contributed by atoms with Gasteiger partial charge in [0.25, 0.3) is 0 Å². The molecule has 3 aromatic rings. The average molecular weight is 349 g/mol. The van der Waals surface area contributed by atoms with Crippen LogP contribution in [0.1, 0.15) is 18.2 Å². The predicted molar refractivity (Wildman–Crippen MR) is 100 cm³/mol. The van der Waals surface area contributed by atoms with Gasteiger partial charge in [-0.05, 0) is 31.0 Å². The fourth-order valence-electron chi connectivity index (χ4n) is 3.03. The van der Waals surface area contributed by atoms with Gasteiger partial charge < -0.3 is 15.5 Å². The lowest BCUT2D eigenvalue weighted by atomic mass is 10.1. The monoisotopic (exact) mass is 349 g/mol. The fraction of sp³-hybridized carbons (Fsp3) is 0.222. The topological polar surface area (TPSA) is 98.8 Å². The highest BCUT2D eigenvalue weighted by Gasteiger charge is 2.22. The van der Waals surface area contributed by atoms with Crippen LogP contribution in [0.5, 0.6) is 0 Å². The maximum Gasteiger partial charge on any atom is 0.223 e. The van der Waals surface area contributed by atoms with Gasteiger partial charge in [-0.1, -0.05) is 6.07 Å². The molecular formula is C18H19N7O. The van der Waals surface area contributed by atoms with Crippen LogP contribution in [-0.2, 0) is 11.2 Å². The van der Waals surface area contributed by atoms with Crippen molar-refractivity contribution in [3.05, 3.63) is 47.9 Å². The number of fused-ring (bicyclic) bond motifs is 1. The third kappa shape index (κ3) is 3.21. The third-order valence-corrected chi connectivity index (χ3v) is 4.23. The number of nitrogens with one attached hydrogen (secondary N) is 3. The highest BCUT2D eigenvalue weighted by molar-refractivity contribution is 5.94. The summed E-state index contributed by atoms with van der Waals surface area (Å²) in [6.07, 6.45) is 4.17. The average Bonchev–Trinajstić information content (AvgIpc) is 3.21. The summed E-state index contributed by atoms with van der Waals surface area (Å²) in [5.74, 6) is 1.94. The van der Waals surface area contributed by atoms with Crippen LogP contribution < -0.4 is 15.5 Å². The number of hydrogen-bond donors (Lipinski definition) is 3. The molecule has 0 spiro atoms. The van der Waals surface area contributed by atoms with Crippen molar-refractivity contribution in [3.63, 3.8) is 0 Å². The Labute approximate surface area is 150 Å². The Morgan fingerprint density at radius 1 is 1.15 bits per heavy atom. The first-order valence-electron chi connectivity index (χ1n) is 8.37. The molecule has 8 heteroatoms. The second kappa shape index (κ2) is 6.47. The summed E-state index contributed by atoms with van der Waals surface area (Å²) in [5.41, 5.74) is 3.96. The Kier molecular flexibility index (Phi) is 4.00. The SMILES string of the molecule is CC(=O)N1CCc2ccc(Nc3cncc(Nc4cc(C)[nH]n4)n3)cc21. The van der Waals surface area contributed by atoms with E-state index >= 15 is 0 Å². The van der Waals surface area contributed by atoms with Gasteiger partial charge in [-0.3, -0.25) is 14.9 Å². The number of benzene rings is 1. The van der Waals surface area contributed by atoms with E-state index in [0.29, 0.717) is 17.5 Å². The molecule has 0 atom stereocenters. The van der Waals surface area contributed by atoms with Crippen molar-refractivity contribution in [2.24, 2.45) is 0 Å². The summed E-state index contributed by atoms with van der Waals surface area (Å²) in [6, 6.07) is 7.89.